The quantitative estimate of drug-likeness (QED) is 0.446. The molecule has 2 saturated heterocycles. The number of aromatic nitrogens is 3. The monoisotopic (exact) mass is 473 g/mol. The van der Waals surface area contributed by atoms with Crippen LogP contribution in [-0.2, 0) is 16.2 Å². The Labute approximate surface area is 198 Å². The van der Waals surface area contributed by atoms with E-state index in [0.29, 0.717) is 6.73 Å². The smallest absolute Gasteiger partial charge is 0.410 e. The molecule has 2 fully saturated rings. The number of piperidine rings is 1. The van der Waals surface area contributed by atoms with Crippen LogP contribution in [0.15, 0.2) is 18.6 Å². The normalized spacial score (nSPS) is 21.5. The Kier molecular flexibility index (Phi) is 6.48. The van der Waals surface area contributed by atoms with Gasteiger partial charge in [-0.2, -0.15) is 0 Å². The summed E-state index contributed by atoms with van der Waals surface area (Å²) >= 11 is 0. The average Bonchev–Trinajstić information content (AvgIpc) is 3.11. The molecule has 9 heteroatoms. The Morgan fingerprint density at radius 1 is 1.18 bits per heavy atom. The Balaban J connectivity index is 1.48. The first-order valence-electron chi connectivity index (χ1n) is 12.1. The van der Waals surface area contributed by atoms with Gasteiger partial charge in [0.25, 0.3) is 0 Å². The van der Waals surface area contributed by atoms with Gasteiger partial charge < -0.3 is 23.8 Å². The molecule has 33 heavy (non-hydrogen) atoms. The van der Waals surface area contributed by atoms with Gasteiger partial charge in [0.15, 0.2) is 0 Å². The Morgan fingerprint density at radius 3 is 2.64 bits per heavy atom. The van der Waals surface area contributed by atoms with Crippen LogP contribution in [0.3, 0.4) is 0 Å². The lowest BCUT2D eigenvalue weighted by molar-refractivity contribution is -0.0496. The zero-order chi connectivity index (χ0) is 23.9. The zero-order valence-corrected chi connectivity index (χ0v) is 22.1. The fraction of sp³-hybridized carbons (Fsp3) is 0.708. The lowest BCUT2D eigenvalue weighted by Crippen LogP contribution is -2.69. The van der Waals surface area contributed by atoms with Gasteiger partial charge in [-0.1, -0.05) is 19.6 Å². The molecule has 1 unspecified atom stereocenters. The molecular formula is C24H39N5O3Si. The molecular weight excluding hydrogens is 434 g/mol. The van der Waals surface area contributed by atoms with Crippen LogP contribution in [0.5, 0.6) is 0 Å². The van der Waals surface area contributed by atoms with E-state index in [9.17, 15) is 4.79 Å². The van der Waals surface area contributed by atoms with Gasteiger partial charge in [0.05, 0.1) is 10.9 Å². The largest absolute Gasteiger partial charge is 0.444 e. The number of ether oxygens (including phenoxy) is 2. The molecule has 0 bridgehead atoms. The summed E-state index contributed by atoms with van der Waals surface area (Å²) in [5.41, 5.74) is 0.242. The SMILES string of the molecule is CC(C)(C)OC(=O)N1CCC12CCCN(c1ncnc3c1ccn3COCC[Si](C)(C)C)C2. The van der Waals surface area contributed by atoms with Crippen LogP contribution in [0.1, 0.15) is 40.0 Å². The third kappa shape index (κ3) is 5.35. The minimum Gasteiger partial charge on any atom is -0.444 e. The Hall–Kier alpha value is -2.13. The van der Waals surface area contributed by atoms with E-state index in [2.05, 4.69) is 45.1 Å². The molecule has 1 spiro atoms. The molecule has 0 aromatic carbocycles. The molecule has 0 saturated carbocycles. The summed E-state index contributed by atoms with van der Waals surface area (Å²) in [5, 5.41) is 1.03. The molecule has 2 aliphatic rings. The number of nitrogens with zero attached hydrogens (tertiary/aromatic N) is 5. The third-order valence-electron chi connectivity index (χ3n) is 6.60. The Bertz CT molecular complexity index is 996. The molecule has 1 amide bonds. The standard InChI is InChI=1S/C24H39N5O3Si/c1-23(2,3)32-22(30)29-13-10-24(29)9-7-11-27(16-24)20-19-8-12-28(21(19)26-17-25-20)18-31-14-15-33(4,5)6/h8,12,17H,7,9-11,13-16,18H2,1-6H3. The molecule has 8 nitrogen and oxygen atoms in total. The molecule has 2 aromatic heterocycles. The highest BCUT2D eigenvalue weighted by Gasteiger charge is 2.51. The zero-order valence-electron chi connectivity index (χ0n) is 21.1. The average molecular weight is 474 g/mol. The molecule has 0 radical (unpaired) electrons. The number of carbonyl (C=O) groups excluding carboxylic acids is 1. The summed E-state index contributed by atoms with van der Waals surface area (Å²) in [6.07, 6.45) is 6.50. The van der Waals surface area contributed by atoms with E-state index in [0.717, 1.165) is 68.4 Å². The molecule has 2 aliphatic heterocycles. The van der Waals surface area contributed by atoms with Crippen molar-refractivity contribution >= 4 is 31.0 Å². The fourth-order valence-corrected chi connectivity index (χ4v) is 5.50. The van der Waals surface area contributed by atoms with Crippen LogP contribution < -0.4 is 4.90 Å². The second-order valence-electron chi connectivity index (χ2n) is 11.7. The van der Waals surface area contributed by atoms with Crippen molar-refractivity contribution in [3.63, 3.8) is 0 Å². The number of amides is 1. The van der Waals surface area contributed by atoms with Gasteiger partial charge in [0.1, 0.15) is 30.1 Å². The van der Waals surface area contributed by atoms with Gasteiger partial charge in [0.2, 0.25) is 0 Å². The van der Waals surface area contributed by atoms with Gasteiger partial charge in [0, 0.05) is 40.5 Å². The molecule has 4 rings (SSSR count). The topological polar surface area (TPSA) is 72.7 Å². The molecule has 1 atom stereocenters. The summed E-state index contributed by atoms with van der Waals surface area (Å²) in [6.45, 7) is 16.6. The molecule has 2 aromatic rings. The number of carbonyl (C=O) groups is 1. The van der Waals surface area contributed by atoms with Gasteiger partial charge in [-0.3, -0.25) is 0 Å². The predicted octanol–water partition coefficient (Wildman–Crippen LogP) is 4.72. The highest BCUT2D eigenvalue weighted by molar-refractivity contribution is 6.76. The Morgan fingerprint density at radius 2 is 1.97 bits per heavy atom. The molecule has 0 aliphatic carbocycles. The highest BCUT2D eigenvalue weighted by atomic mass is 28.3. The molecule has 0 N–H and O–H groups in total. The van der Waals surface area contributed by atoms with Crippen molar-refractivity contribution in [3.05, 3.63) is 18.6 Å². The number of likely N-dealkylation sites (tertiary alicyclic amines) is 1. The van der Waals surface area contributed by atoms with Crippen LogP contribution in [0, 0.1) is 0 Å². The van der Waals surface area contributed by atoms with Crippen molar-refractivity contribution in [2.24, 2.45) is 0 Å². The summed E-state index contributed by atoms with van der Waals surface area (Å²) in [4.78, 5) is 26.3. The van der Waals surface area contributed by atoms with E-state index in [1.54, 1.807) is 6.33 Å². The van der Waals surface area contributed by atoms with Crippen molar-refractivity contribution in [2.75, 3.05) is 31.1 Å². The second kappa shape index (κ2) is 8.90. The van der Waals surface area contributed by atoms with Crippen LogP contribution in [0.4, 0.5) is 10.6 Å². The lowest BCUT2D eigenvalue weighted by Gasteiger charge is -2.56. The molecule has 4 heterocycles. The van der Waals surface area contributed by atoms with Crippen LogP contribution in [-0.4, -0.2) is 71.0 Å². The van der Waals surface area contributed by atoms with Crippen LogP contribution in [0.25, 0.3) is 11.0 Å². The van der Waals surface area contributed by atoms with Crippen LogP contribution in [0.2, 0.25) is 25.7 Å². The van der Waals surface area contributed by atoms with E-state index in [-0.39, 0.29) is 11.6 Å². The number of hydrogen-bond acceptors (Lipinski definition) is 6. The third-order valence-corrected chi connectivity index (χ3v) is 8.31. The predicted molar refractivity (Wildman–Crippen MR) is 133 cm³/mol. The maximum Gasteiger partial charge on any atom is 0.410 e. The van der Waals surface area contributed by atoms with Gasteiger partial charge >= 0.3 is 6.09 Å². The summed E-state index contributed by atoms with van der Waals surface area (Å²) in [7, 11) is -1.11. The minimum absolute atomic E-state index is 0.166. The number of anilines is 1. The van der Waals surface area contributed by atoms with Crippen LogP contribution >= 0.6 is 0 Å². The molecule has 182 valence electrons. The van der Waals surface area contributed by atoms with E-state index in [4.69, 9.17) is 9.47 Å². The first-order chi connectivity index (χ1) is 15.5. The van der Waals surface area contributed by atoms with E-state index < -0.39 is 13.7 Å². The maximum atomic E-state index is 12.8. The van der Waals surface area contributed by atoms with Crippen molar-refractivity contribution in [3.8, 4) is 0 Å². The summed E-state index contributed by atoms with van der Waals surface area (Å²) in [6, 6.07) is 3.23. The van der Waals surface area contributed by atoms with Gasteiger partial charge in [-0.25, -0.2) is 14.8 Å². The van der Waals surface area contributed by atoms with Crippen molar-refractivity contribution in [1.29, 1.82) is 0 Å². The van der Waals surface area contributed by atoms with E-state index in [1.165, 1.54) is 0 Å². The maximum absolute atomic E-state index is 12.8. The van der Waals surface area contributed by atoms with Crippen molar-refractivity contribution < 1.29 is 14.3 Å². The van der Waals surface area contributed by atoms with Crippen molar-refractivity contribution in [1.82, 2.24) is 19.4 Å². The summed E-state index contributed by atoms with van der Waals surface area (Å²) < 4.78 is 13.7. The minimum atomic E-state index is -1.11. The summed E-state index contributed by atoms with van der Waals surface area (Å²) in [5.74, 6) is 0.941. The van der Waals surface area contributed by atoms with Gasteiger partial charge in [-0.05, 0) is 52.1 Å². The first kappa shape index (κ1) is 24.0. The fourth-order valence-electron chi connectivity index (χ4n) is 4.75. The second-order valence-corrected chi connectivity index (χ2v) is 17.3. The van der Waals surface area contributed by atoms with Crippen molar-refractivity contribution in [2.45, 2.75) is 83.6 Å². The number of hydrogen-bond donors (Lipinski definition) is 0. The lowest BCUT2D eigenvalue weighted by atomic mass is 9.78. The van der Waals surface area contributed by atoms with E-state index >= 15 is 0 Å². The highest BCUT2D eigenvalue weighted by Crippen LogP contribution is 2.41. The van der Waals surface area contributed by atoms with E-state index in [1.807, 2.05) is 31.9 Å². The number of fused-ring (bicyclic) bond motifs is 1. The van der Waals surface area contributed by atoms with Gasteiger partial charge in [-0.15, -0.1) is 0 Å². The number of rotatable bonds is 6. The first-order valence-corrected chi connectivity index (χ1v) is 15.8.